The summed E-state index contributed by atoms with van der Waals surface area (Å²) in [5, 5.41) is 3.51. The molecule has 0 radical (unpaired) electrons. The Labute approximate surface area is 127 Å². The summed E-state index contributed by atoms with van der Waals surface area (Å²) >= 11 is 0. The molecule has 1 aliphatic carbocycles. The molecular formula is C16H27N3O2. The molecule has 5 nitrogen and oxygen atoms in total. The average Bonchev–Trinajstić information content (AvgIpc) is 3.32. The maximum atomic E-state index is 5.17. The second-order valence-corrected chi connectivity index (χ2v) is 5.54. The highest BCUT2D eigenvalue weighted by Crippen LogP contribution is 2.19. The van der Waals surface area contributed by atoms with E-state index in [0.717, 1.165) is 56.8 Å². The van der Waals surface area contributed by atoms with E-state index in [-0.39, 0.29) is 0 Å². The van der Waals surface area contributed by atoms with Crippen molar-refractivity contribution < 1.29 is 9.47 Å². The molecular weight excluding hydrogens is 266 g/mol. The van der Waals surface area contributed by atoms with Crippen molar-refractivity contribution in [3.8, 4) is 0 Å². The van der Waals surface area contributed by atoms with E-state index in [1.165, 1.54) is 12.8 Å². The predicted molar refractivity (Wildman–Crippen MR) is 83.1 cm³/mol. The molecule has 0 aliphatic heterocycles. The van der Waals surface area contributed by atoms with E-state index < -0.39 is 0 Å². The molecule has 2 rings (SSSR count). The van der Waals surface area contributed by atoms with Crippen LogP contribution in [0.15, 0.2) is 18.2 Å². The van der Waals surface area contributed by atoms with Crippen LogP contribution in [-0.2, 0) is 22.6 Å². The Hall–Kier alpha value is -1.01. The lowest BCUT2D eigenvalue weighted by Gasteiger charge is -2.21. The fraction of sp³-hybridized carbons (Fsp3) is 0.688. The lowest BCUT2D eigenvalue weighted by atomic mass is 10.2. The van der Waals surface area contributed by atoms with Gasteiger partial charge in [-0.3, -0.25) is 9.88 Å². The minimum absolute atomic E-state index is 0.718. The van der Waals surface area contributed by atoms with Crippen LogP contribution in [0.5, 0.6) is 0 Å². The highest BCUT2D eigenvalue weighted by atomic mass is 16.5. The molecule has 118 valence electrons. The summed E-state index contributed by atoms with van der Waals surface area (Å²) in [4.78, 5) is 7.06. The van der Waals surface area contributed by atoms with Gasteiger partial charge in [0.15, 0.2) is 0 Å². The Morgan fingerprint density at radius 3 is 2.43 bits per heavy atom. The van der Waals surface area contributed by atoms with Crippen LogP contribution in [0.4, 0.5) is 0 Å². The molecule has 0 spiro atoms. The summed E-state index contributed by atoms with van der Waals surface area (Å²) in [7, 11) is 3.47. The Morgan fingerprint density at radius 1 is 1.14 bits per heavy atom. The summed E-state index contributed by atoms with van der Waals surface area (Å²) in [5.41, 5.74) is 2.23. The number of hydrogen-bond donors (Lipinski definition) is 1. The topological polar surface area (TPSA) is 46.6 Å². The third-order valence-corrected chi connectivity index (χ3v) is 3.62. The SMILES string of the molecule is COCCN(CCOC)Cc1cccc(CNC2CC2)n1. The molecule has 1 saturated carbocycles. The molecule has 0 atom stereocenters. The molecule has 0 saturated heterocycles. The van der Waals surface area contributed by atoms with Crippen LogP contribution in [0.25, 0.3) is 0 Å². The van der Waals surface area contributed by atoms with Crippen molar-refractivity contribution in [3.63, 3.8) is 0 Å². The normalized spacial score (nSPS) is 14.8. The maximum absolute atomic E-state index is 5.17. The first kappa shape index (κ1) is 16.4. The van der Waals surface area contributed by atoms with Crippen LogP contribution in [0.3, 0.4) is 0 Å². The van der Waals surface area contributed by atoms with Gasteiger partial charge in [-0.15, -0.1) is 0 Å². The number of hydrogen-bond acceptors (Lipinski definition) is 5. The smallest absolute Gasteiger partial charge is 0.0589 e. The van der Waals surface area contributed by atoms with Gasteiger partial charge in [-0.05, 0) is 25.0 Å². The zero-order valence-corrected chi connectivity index (χ0v) is 13.2. The minimum Gasteiger partial charge on any atom is -0.383 e. The van der Waals surface area contributed by atoms with Gasteiger partial charge in [-0.2, -0.15) is 0 Å². The Morgan fingerprint density at radius 2 is 1.81 bits per heavy atom. The standard InChI is InChI=1S/C16H27N3O2/c1-20-10-8-19(9-11-21-2)13-16-5-3-4-15(18-16)12-17-14-6-7-14/h3-5,14,17H,6-13H2,1-2H3. The van der Waals surface area contributed by atoms with Crippen LogP contribution < -0.4 is 5.32 Å². The lowest BCUT2D eigenvalue weighted by Crippen LogP contribution is -2.30. The zero-order chi connectivity index (χ0) is 14.9. The van der Waals surface area contributed by atoms with Crippen molar-refractivity contribution in [1.82, 2.24) is 15.2 Å². The van der Waals surface area contributed by atoms with Crippen molar-refractivity contribution in [3.05, 3.63) is 29.6 Å². The molecule has 21 heavy (non-hydrogen) atoms. The van der Waals surface area contributed by atoms with Gasteiger partial charge in [0.25, 0.3) is 0 Å². The van der Waals surface area contributed by atoms with E-state index in [1.54, 1.807) is 14.2 Å². The van der Waals surface area contributed by atoms with Gasteiger partial charge < -0.3 is 14.8 Å². The van der Waals surface area contributed by atoms with Gasteiger partial charge in [0.1, 0.15) is 0 Å². The Bertz CT molecular complexity index is 402. The van der Waals surface area contributed by atoms with Gasteiger partial charge in [0, 0.05) is 46.4 Å². The molecule has 5 heteroatoms. The van der Waals surface area contributed by atoms with E-state index in [0.29, 0.717) is 0 Å². The van der Waals surface area contributed by atoms with Gasteiger partial charge in [0.05, 0.1) is 24.6 Å². The first-order chi connectivity index (χ1) is 10.3. The third kappa shape index (κ3) is 6.52. The summed E-state index contributed by atoms with van der Waals surface area (Å²) in [6.07, 6.45) is 2.61. The summed E-state index contributed by atoms with van der Waals surface area (Å²) < 4.78 is 10.3. The number of rotatable bonds is 11. The van der Waals surface area contributed by atoms with Crippen molar-refractivity contribution in [2.75, 3.05) is 40.5 Å². The lowest BCUT2D eigenvalue weighted by molar-refractivity contribution is 0.109. The van der Waals surface area contributed by atoms with E-state index in [2.05, 4.69) is 28.4 Å². The average molecular weight is 293 g/mol. The first-order valence-corrected chi connectivity index (χ1v) is 7.70. The summed E-state index contributed by atoms with van der Waals surface area (Å²) in [6, 6.07) is 6.99. The van der Waals surface area contributed by atoms with Crippen LogP contribution >= 0.6 is 0 Å². The number of pyridine rings is 1. The first-order valence-electron chi connectivity index (χ1n) is 7.70. The molecule has 1 N–H and O–H groups in total. The summed E-state index contributed by atoms with van der Waals surface area (Å²) in [5.74, 6) is 0. The largest absolute Gasteiger partial charge is 0.383 e. The Balaban J connectivity index is 1.86. The molecule has 1 heterocycles. The number of nitrogens with zero attached hydrogens (tertiary/aromatic N) is 2. The highest BCUT2D eigenvalue weighted by molar-refractivity contribution is 5.11. The van der Waals surface area contributed by atoms with Crippen molar-refractivity contribution in [1.29, 1.82) is 0 Å². The van der Waals surface area contributed by atoms with E-state index in [4.69, 9.17) is 14.5 Å². The van der Waals surface area contributed by atoms with Gasteiger partial charge in [0.2, 0.25) is 0 Å². The van der Waals surface area contributed by atoms with Crippen LogP contribution in [0.2, 0.25) is 0 Å². The maximum Gasteiger partial charge on any atom is 0.0589 e. The monoisotopic (exact) mass is 293 g/mol. The molecule has 0 bridgehead atoms. The van der Waals surface area contributed by atoms with Crippen molar-refractivity contribution >= 4 is 0 Å². The van der Waals surface area contributed by atoms with Gasteiger partial charge in [-0.25, -0.2) is 0 Å². The number of ether oxygens (including phenoxy) is 2. The van der Waals surface area contributed by atoms with E-state index in [9.17, 15) is 0 Å². The minimum atomic E-state index is 0.718. The molecule has 1 fully saturated rings. The summed E-state index contributed by atoms with van der Waals surface area (Å²) in [6.45, 7) is 4.95. The molecule has 1 aliphatic rings. The van der Waals surface area contributed by atoms with Gasteiger partial charge in [-0.1, -0.05) is 6.07 Å². The van der Waals surface area contributed by atoms with E-state index in [1.807, 2.05) is 0 Å². The van der Waals surface area contributed by atoms with Crippen LogP contribution in [0.1, 0.15) is 24.2 Å². The molecule has 0 unspecified atom stereocenters. The number of aromatic nitrogens is 1. The molecule has 0 amide bonds. The predicted octanol–water partition coefficient (Wildman–Crippen LogP) is 1.43. The van der Waals surface area contributed by atoms with Gasteiger partial charge >= 0.3 is 0 Å². The quantitative estimate of drug-likeness (QED) is 0.669. The highest BCUT2D eigenvalue weighted by Gasteiger charge is 2.20. The second-order valence-electron chi connectivity index (χ2n) is 5.54. The molecule has 0 aromatic carbocycles. The fourth-order valence-electron chi connectivity index (χ4n) is 2.19. The zero-order valence-electron chi connectivity index (χ0n) is 13.2. The fourth-order valence-corrected chi connectivity index (χ4v) is 2.19. The van der Waals surface area contributed by atoms with E-state index >= 15 is 0 Å². The van der Waals surface area contributed by atoms with Crippen molar-refractivity contribution in [2.45, 2.75) is 32.0 Å². The molecule has 1 aromatic rings. The van der Waals surface area contributed by atoms with Crippen molar-refractivity contribution in [2.24, 2.45) is 0 Å². The third-order valence-electron chi connectivity index (χ3n) is 3.62. The molecule has 1 aromatic heterocycles. The number of nitrogens with one attached hydrogen (secondary N) is 1. The van der Waals surface area contributed by atoms with Crippen LogP contribution in [-0.4, -0.2) is 56.4 Å². The number of methoxy groups -OCH3 is 2. The second kappa shape index (κ2) is 9.10. The van der Waals surface area contributed by atoms with Crippen LogP contribution in [0, 0.1) is 0 Å². The Kier molecular flexibility index (Phi) is 7.09.